The highest BCUT2D eigenvalue weighted by atomic mass is 32.2. The lowest BCUT2D eigenvalue weighted by molar-refractivity contribution is 0.0346. The topological polar surface area (TPSA) is 52.6 Å². The van der Waals surface area contributed by atoms with Crippen LogP contribution in [0.5, 0.6) is 0 Å². The standard InChI is InChI=1S/C14H20O4S/c1-11-3-9-14(10-4-11)19(15,16)18-13-7-5-12(17-2)6-8-13/h3-4,9-10,12-13H,5-8H2,1-2H3/t12-,13+. The Balaban J connectivity index is 2.00. The van der Waals surface area contributed by atoms with Gasteiger partial charge in [-0.15, -0.1) is 0 Å². The molecule has 0 aliphatic heterocycles. The molecule has 0 unspecified atom stereocenters. The minimum atomic E-state index is -3.64. The van der Waals surface area contributed by atoms with Gasteiger partial charge >= 0.3 is 0 Å². The van der Waals surface area contributed by atoms with Crippen molar-refractivity contribution in [1.82, 2.24) is 0 Å². The van der Waals surface area contributed by atoms with Crippen LogP contribution in [-0.4, -0.2) is 27.7 Å². The van der Waals surface area contributed by atoms with E-state index < -0.39 is 10.1 Å². The van der Waals surface area contributed by atoms with E-state index in [9.17, 15) is 8.42 Å². The van der Waals surface area contributed by atoms with E-state index in [0.717, 1.165) is 31.2 Å². The number of benzene rings is 1. The number of ether oxygens (including phenoxy) is 1. The van der Waals surface area contributed by atoms with Crippen LogP contribution in [0.25, 0.3) is 0 Å². The summed E-state index contributed by atoms with van der Waals surface area (Å²) in [7, 11) is -1.95. The average molecular weight is 284 g/mol. The predicted molar refractivity (Wildman–Crippen MR) is 72.5 cm³/mol. The van der Waals surface area contributed by atoms with E-state index in [4.69, 9.17) is 8.92 Å². The van der Waals surface area contributed by atoms with Gasteiger partial charge in [0.15, 0.2) is 0 Å². The van der Waals surface area contributed by atoms with Gasteiger partial charge in [0, 0.05) is 7.11 Å². The van der Waals surface area contributed by atoms with E-state index in [-0.39, 0.29) is 17.1 Å². The van der Waals surface area contributed by atoms with E-state index in [1.165, 1.54) is 0 Å². The average Bonchev–Trinajstić information content (AvgIpc) is 2.40. The summed E-state index contributed by atoms with van der Waals surface area (Å²) in [6.45, 7) is 1.92. The van der Waals surface area contributed by atoms with E-state index in [1.807, 2.05) is 6.92 Å². The molecule has 1 aliphatic carbocycles. The Morgan fingerprint density at radius 1 is 1.00 bits per heavy atom. The zero-order valence-corrected chi connectivity index (χ0v) is 12.2. The lowest BCUT2D eigenvalue weighted by Gasteiger charge is -2.27. The molecule has 0 amide bonds. The maximum atomic E-state index is 12.1. The third-order valence-corrected chi connectivity index (χ3v) is 4.90. The molecule has 1 aliphatic rings. The lowest BCUT2D eigenvalue weighted by Crippen LogP contribution is -2.27. The molecule has 0 radical (unpaired) electrons. The summed E-state index contributed by atoms with van der Waals surface area (Å²) in [4.78, 5) is 0.229. The highest BCUT2D eigenvalue weighted by Crippen LogP contribution is 2.26. The smallest absolute Gasteiger partial charge is 0.297 e. The molecule has 0 spiro atoms. The van der Waals surface area contributed by atoms with Gasteiger partial charge in [-0.3, -0.25) is 4.18 Å². The highest BCUT2D eigenvalue weighted by Gasteiger charge is 2.26. The minimum Gasteiger partial charge on any atom is -0.381 e. The van der Waals surface area contributed by atoms with E-state index >= 15 is 0 Å². The molecule has 0 N–H and O–H groups in total. The molecule has 0 aromatic heterocycles. The van der Waals surface area contributed by atoms with E-state index in [0.29, 0.717) is 0 Å². The monoisotopic (exact) mass is 284 g/mol. The number of rotatable bonds is 4. The van der Waals surface area contributed by atoms with Gasteiger partial charge in [0.05, 0.1) is 17.1 Å². The van der Waals surface area contributed by atoms with Gasteiger partial charge in [0.1, 0.15) is 0 Å². The Morgan fingerprint density at radius 2 is 1.53 bits per heavy atom. The number of methoxy groups -OCH3 is 1. The Morgan fingerprint density at radius 3 is 2.05 bits per heavy atom. The second-order valence-electron chi connectivity index (χ2n) is 5.00. The van der Waals surface area contributed by atoms with Crippen molar-refractivity contribution >= 4 is 10.1 Å². The molecule has 0 saturated heterocycles. The summed E-state index contributed by atoms with van der Waals surface area (Å²) in [6, 6.07) is 6.73. The van der Waals surface area contributed by atoms with Gasteiger partial charge in [0.2, 0.25) is 0 Å². The summed E-state index contributed by atoms with van der Waals surface area (Å²) >= 11 is 0. The van der Waals surface area contributed by atoms with Crippen LogP contribution in [-0.2, 0) is 19.0 Å². The fourth-order valence-corrected chi connectivity index (χ4v) is 3.44. The van der Waals surface area contributed by atoms with Crippen LogP contribution in [0.15, 0.2) is 29.2 Å². The molecular weight excluding hydrogens is 264 g/mol. The fourth-order valence-electron chi connectivity index (χ4n) is 2.30. The van der Waals surface area contributed by atoms with Crippen molar-refractivity contribution in [3.63, 3.8) is 0 Å². The first-order chi connectivity index (χ1) is 9.01. The van der Waals surface area contributed by atoms with Crippen molar-refractivity contribution in [2.24, 2.45) is 0 Å². The van der Waals surface area contributed by atoms with Crippen LogP contribution in [0.1, 0.15) is 31.2 Å². The van der Waals surface area contributed by atoms with Crippen molar-refractivity contribution in [2.75, 3.05) is 7.11 Å². The fraction of sp³-hybridized carbons (Fsp3) is 0.571. The van der Waals surface area contributed by atoms with Crippen LogP contribution in [0.2, 0.25) is 0 Å². The van der Waals surface area contributed by atoms with Crippen LogP contribution in [0, 0.1) is 6.92 Å². The van der Waals surface area contributed by atoms with Gasteiger partial charge < -0.3 is 4.74 Å². The zero-order valence-electron chi connectivity index (χ0n) is 11.3. The molecular formula is C14H20O4S. The van der Waals surface area contributed by atoms with E-state index in [1.54, 1.807) is 31.4 Å². The Bertz CT molecular complexity index is 499. The molecule has 0 heterocycles. The van der Waals surface area contributed by atoms with Crippen LogP contribution in [0.3, 0.4) is 0 Å². The largest absolute Gasteiger partial charge is 0.381 e. The molecule has 106 valence electrons. The first-order valence-electron chi connectivity index (χ1n) is 6.54. The van der Waals surface area contributed by atoms with Crippen LogP contribution >= 0.6 is 0 Å². The zero-order chi connectivity index (χ0) is 13.9. The molecule has 1 saturated carbocycles. The molecule has 1 fully saturated rings. The number of aryl methyl sites for hydroxylation is 1. The minimum absolute atomic E-state index is 0.224. The lowest BCUT2D eigenvalue weighted by atomic mass is 9.95. The predicted octanol–water partition coefficient (Wildman–Crippen LogP) is 2.66. The number of hydrogen-bond acceptors (Lipinski definition) is 4. The molecule has 2 rings (SSSR count). The van der Waals surface area contributed by atoms with Crippen molar-refractivity contribution < 1.29 is 17.3 Å². The molecule has 0 bridgehead atoms. The van der Waals surface area contributed by atoms with E-state index in [2.05, 4.69) is 0 Å². The summed E-state index contributed by atoms with van der Waals surface area (Å²) in [5, 5.41) is 0. The normalized spacial score (nSPS) is 24.3. The van der Waals surface area contributed by atoms with Gasteiger partial charge in [-0.05, 0) is 44.7 Å². The highest BCUT2D eigenvalue weighted by molar-refractivity contribution is 7.86. The SMILES string of the molecule is CO[C@H]1CC[C@@H](OS(=O)(=O)c2ccc(C)cc2)CC1. The number of hydrogen-bond donors (Lipinski definition) is 0. The first kappa shape index (κ1) is 14.5. The summed E-state index contributed by atoms with van der Waals surface area (Å²) in [6.07, 6.45) is 3.17. The molecule has 5 heteroatoms. The summed E-state index contributed by atoms with van der Waals surface area (Å²) < 4.78 is 34.8. The van der Waals surface area contributed by atoms with Gasteiger partial charge in [-0.2, -0.15) is 8.42 Å². The maximum absolute atomic E-state index is 12.1. The van der Waals surface area contributed by atoms with Crippen molar-refractivity contribution in [3.05, 3.63) is 29.8 Å². The molecule has 0 atom stereocenters. The molecule has 19 heavy (non-hydrogen) atoms. The Hall–Kier alpha value is -0.910. The van der Waals surface area contributed by atoms with Gasteiger partial charge in [-0.1, -0.05) is 17.7 Å². The van der Waals surface area contributed by atoms with Crippen LogP contribution in [0.4, 0.5) is 0 Å². The molecule has 4 nitrogen and oxygen atoms in total. The molecule has 1 aromatic carbocycles. The molecule has 1 aromatic rings. The Labute approximate surface area is 114 Å². The summed E-state index contributed by atoms with van der Waals surface area (Å²) in [5.41, 5.74) is 1.03. The summed E-state index contributed by atoms with van der Waals surface area (Å²) in [5.74, 6) is 0. The van der Waals surface area contributed by atoms with Gasteiger partial charge in [0.25, 0.3) is 10.1 Å². The second-order valence-corrected chi connectivity index (χ2v) is 6.57. The van der Waals surface area contributed by atoms with Crippen molar-refractivity contribution in [2.45, 2.75) is 49.7 Å². The maximum Gasteiger partial charge on any atom is 0.297 e. The first-order valence-corrected chi connectivity index (χ1v) is 7.95. The van der Waals surface area contributed by atoms with Gasteiger partial charge in [-0.25, -0.2) is 0 Å². The van der Waals surface area contributed by atoms with Crippen molar-refractivity contribution in [1.29, 1.82) is 0 Å². The second kappa shape index (κ2) is 6.03. The quantitative estimate of drug-likeness (QED) is 0.798. The van der Waals surface area contributed by atoms with Crippen molar-refractivity contribution in [3.8, 4) is 0 Å². The third kappa shape index (κ3) is 3.78. The Kier molecular flexibility index (Phi) is 4.60. The van der Waals surface area contributed by atoms with Crippen LogP contribution < -0.4 is 0 Å². The third-order valence-electron chi connectivity index (χ3n) is 3.53.